The van der Waals surface area contributed by atoms with E-state index in [1.807, 2.05) is 61.7 Å². The Labute approximate surface area is 151 Å². The lowest BCUT2D eigenvalue weighted by atomic mass is 10.2. The van der Waals surface area contributed by atoms with Gasteiger partial charge in [0, 0.05) is 23.5 Å². The van der Waals surface area contributed by atoms with Crippen LogP contribution in [0.1, 0.15) is 12.0 Å². The largest absolute Gasteiger partial charge is 0.333 e. The molecule has 0 bridgehead atoms. The standard InChI is InChI=1S/C19H21N3O2S/c1-13-7-9-15(10-8-13)22-12-14(11-18(22)23)20-19(24)21-16-5-3-4-6-17(16)25-2/h3-10,14H,11-12H2,1-2H3,(H2,20,21,24)/t14-/m1/s1. The van der Waals surface area contributed by atoms with Gasteiger partial charge in [0.2, 0.25) is 5.91 Å². The van der Waals surface area contributed by atoms with Gasteiger partial charge in [-0.2, -0.15) is 0 Å². The molecule has 130 valence electrons. The number of carbonyl (C=O) groups excluding carboxylic acids is 2. The monoisotopic (exact) mass is 355 g/mol. The highest BCUT2D eigenvalue weighted by atomic mass is 32.2. The molecule has 2 aromatic carbocycles. The van der Waals surface area contributed by atoms with Crippen molar-refractivity contribution >= 4 is 35.1 Å². The number of hydrogen-bond acceptors (Lipinski definition) is 3. The summed E-state index contributed by atoms with van der Waals surface area (Å²) in [6.07, 6.45) is 2.28. The van der Waals surface area contributed by atoms with Crippen LogP contribution in [0.15, 0.2) is 53.4 Å². The van der Waals surface area contributed by atoms with Gasteiger partial charge in [0.25, 0.3) is 0 Å². The maximum atomic E-state index is 12.3. The molecular formula is C19H21N3O2S. The molecule has 2 aromatic rings. The number of thioether (sulfide) groups is 1. The number of urea groups is 1. The fourth-order valence-corrected chi connectivity index (χ4v) is 3.42. The van der Waals surface area contributed by atoms with Crippen LogP contribution in [-0.2, 0) is 4.79 Å². The van der Waals surface area contributed by atoms with Crippen LogP contribution in [0.25, 0.3) is 0 Å². The molecule has 1 aliphatic heterocycles. The first-order valence-electron chi connectivity index (χ1n) is 8.14. The van der Waals surface area contributed by atoms with Crippen LogP contribution in [0.5, 0.6) is 0 Å². The van der Waals surface area contributed by atoms with Crippen molar-refractivity contribution in [3.8, 4) is 0 Å². The van der Waals surface area contributed by atoms with Crippen molar-refractivity contribution in [1.29, 1.82) is 0 Å². The molecule has 0 unspecified atom stereocenters. The molecule has 1 fully saturated rings. The van der Waals surface area contributed by atoms with Gasteiger partial charge in [0.15, 0.2) is 0 Å². The molecule has 1 heterocycles. The van der Waals surface area contributed by atoms with Gasteiger partial charge >= 0.3 is 6.03 Å². The number of nitrogens with zero attached hydrogens (tertiary/aromatic N) is 1. The van der Waals surface area contributed by atoms with E-state index in [1.54, 1.807) is 16.7 Å². The van der Waals surface area contributed by atoms with E-state index in [1.165, 1.54) is 0 Å². The predicted octanol–water partition coefficient (Wildman–Crippen LogP) is 3.64. The smallest absolute Gasteiger partial charge is 0.319 e. The van der Waals surface area contributed by atoms with Crippen molar-refractivity contribution in [1.82, 2.24) is 5.32 Å². The molecule has 0 saturated carbocycles. The Kier molecular flexibility index (Phi) is 5.28. The Morgan fingerprint density at radius 3 is 2.60 bits per heavy atom. The maximum Gasteiger partial charge on any atom is 0.319 e. The van der Waals surface area contributed by atoms with Crippen molar-refractivity contribution in [3.05, 3.63) is 54.1 Å². The summed E-state index contributed by atoms with van der Waals surface area (Å²) in [7, 11) is 0. The highest BCUT2D eigenvalue weighted by Crippen LogP contribution is 2.25. The number of para-hydroxylation sites is 1. The number of amides is 3. The summed E-state index contributed by atoms with van der Waals surface area (Å²) >= 11 is 1.57. The summed E-state index contributed by atoms with van der Waals surface area (Å²) in [5.41, 5.74) is 2.79. The van der Waals surface area contributed by atoms with Gasteiger partial charge in [0.1, 0.15) is 0 Å². The summed E-state index contributed by atoms with van der Waals surface area (Å²) in [6, 6.07) is 15.0. The summed E-state index contributed by atoms with van der Waals surface area (Å²) in [6.45, 7) is 2.50. The first-order valence-corrected chi connectivity index (χ1v) is 9.37. The fourth-order valence-electron chi connectivity index (χ4n) is 2.87. The molecule has 0 aliphatic carbocycles. The normalized spacial score (nSPS) is 16.8. The van der Waals surface area contributed by atoms with Gasteiger partial charge in [-0.1, -0.05) is 29.8 Å². The molecule has 1 saturated heterocycles. The predicted molar refractivity (Wildman–Crippen MR) is 102 cm³/mol. The Hall–Kier alpha value is -2.47. The van der Waals surface area contributed by atoms with E-state index < -0.39 is 0 Å². The minimum Gasteiger partial charge on any atom is -0.333 e. The zero-order valence-electron chi connectivity index (χ0n) is 14.3. The molecule has 1 aliphatic rings. The molecule has 2 N–H and O–H groups in total. The molecule has 3 rings (SSSR count). The van der Waals surface area contributed by atoms with E-state index in [0.717, 1.165) is 21.8 Å². The van der Waals surface area contributed by atoms with E-state index in [9.17, 15) is 9.59 Å². The first-order chi connectivity index (χ1) is 12.1. The van der Waals surface area contributed by atoms with E-state index in [2.05, 4.69) is 10.6 Å². The van der Waals surface area contributed by atoms with E-state index in [-0.39, 0.29) is 18.0 Å². The lowest BCUT2D eigenvalue weighted by molar-refractivity contribution is -0.117. The third-order valence-electron chi connectivity index (χ3n) is 4.16. The average molecular weight is 355 g/mol. The highest BCUT2D eigenvalue weighted by Gasteiger charge is 2.31. The van der Waals surface area contributed by atoms with Crippen LogP contribution in [0.4, 0.5) is 16.2 Å². The summed E-state index contributed by atoms with van der Waals surface area (Å²) in [5.74, 6) is 0.0265. The van der Waals surface area contributed by atoms with Crippen molar-refractivity contribution in [2.45, 2.75) is 24.3 Å². The zero-order valence-corrected chi connectivity index (χ0v) is 15.1. The Morgan fingerprint density at radius 1 is 1.16 bits per heavy atom. The first kappa shape index (κ1) is 17.4. The van der Waals surface area contributed by atoms with Crippen LogP contribution in [0.2, 0.25) is 0 Å². The SMILES string of the molecule is CSc1ccccc1NC(=O)N[C@@H]1CC(=O)N(c2ccc(C)cc2)C1. The number of aryl methyl sites for hydroxylation is 1. The Balaban J connectivity index is 1.61. The molecule has 0 spiro atoms. The molecule has 0 radical (unpaired) electrons. The third-order valence-corrected chi connectivity index (χ3v) is 4.96. The van der Waals surface area contributed by atoms with Crippen LogP contribution in [0, 0.1) is 6.92 Å². The highest BCUT2D eigenvalue weighted by molar-refractivity contribution is 7.98. The number of anilines is 2. The van der Waals surface area contributed by atoms with Gasteiger partial charge < -0.3 is 15.5 Å². The lowest BCUT2D eigenvalue weighted by Gasteiger charge is -2.18. The number of hydrogen-bond donors (Lipinski definition) is 2. The second-order valence-electron chi connectivity index (χ2n) is 6.04. The molecule has 25 heavy (non-hydrogen) atoms. The van der Waals surface area contributed by atoms with Gasteiger partial charge in [0.05, 0.1) is 11.7 Å². The lowest BCUT2D eigenvalue weighted by Crippen LogP contribution is -2.39. The second kappa shape index (κ2) is 7.61. The molecule has 6 heteroatoms. The van der Waals surface area contributed by atoms with Gasteiger partial charge in [-0.15, -0.1) is 11.8 Å². The topological polar surface area (TPSA) is 61.4 Å². The zero-order chi connectivity index (χ0) is 17.8. The summed E-state index contributed by atoms with van der Waals surface area (Å²) in [5, 5.41) is 5.76. The van der Waals surface area contributed by atoms with Gasteiger partial charge in [-0.3, -0.25) is 4.79 Å². The maximum absolute atomic E-state index is 12.3. The Bertz CT molecular complexity index is 776. The minimum atomic E-state index is -0.287. The minimum absolute atomic E-state index is 0.0265. The molecule has 5 nitrogen and oxygen atoms in total. The second-order valence-corrected chi connectivity index (χ2v) is 6.89. The van der Waals surface area contributed by atoms with Crippen molar-refractivity contribution in [2.24, 2.45) is 0 Å². The summed E-state index contributed by atoms with van der Waals surface area (Å²) < 4.78 is 0. The third kappa shape index (κ3) is 4.14. The van der Waals surface area contributed by atoms with Crippen LogP contribution in [-0.4, -0.2) is 30.8 Å². The fraction of sp³-hybridized carbons (Fsp3) is 0.263. The number of rotatable bonds is 4. The van der Waals surface area contributed by atoms with E-state index in [0.29, 0.717) is 13.0 Å². The van der Waals surface area contributed by atoms with E-state index >= 15 is 0 Å². The number of nitrogens with one attached hydrogen (secondary N) is 2. The van der Waals surface area contributed by atoms with Crippen LogP contribution >= 0.6 is 11.8 Å². The van der Waals surface area contributed by atoms with Gasteiger partial charge in [-0.05, 0) is 37.4 Å². The molecule has 3 amide bonds. The van der Waals surface area contributed by atoms with Crippen molar-refractivity contribution in [2.75, 3.05) is 23.0 Å². The van der Waals surface area contributed by atoms with Crippen molar-refractivity contribution < 1.29 is 9.59 Å². The van der Waals surface area contributed by atoms with Crippen LogP contribution in [0.3, 0.4) is 0 Å². The average Bonchev–Trinajstić information content (AvgIpc) is 2.96. The quantitative estimate of drug-likeness (QED) is 0.823. The van der Waals surface area contributed by atoms with Crippen LogP contribution < -0.4 is 15.5 Å². The summed E-state index contributed by atoms with van der Waals surface area (Å²) in [4.78, 5) is 27.3. The molecular weight excluding hydrogens is 334 g/mol. The van der Waals surface area contributed by atoms with Crippen molar-refractivity contribution in [3.63, 3.8) is 0 Å². The van der Waals surface area contributed by atoms with E-state index in [4.69, 9.17) is 0 Å². The molecule has 0 aromatic heterocycles. The van der Waals surface area contributed by atoms with Gasteiger partial charge in [-0.25, -0.2) is 4.79 Å². The Morgan fingerprint density at radius 2 is 1.88 bits per heavy atom. The molecule has 1 atom stereocenters. The number of benzene rings is 2. The number of carbonyl (C=O) groups is 2.